The van der Waals surface area contributed by atoms with Gasteiger partial charge in [0.2, 0.25) is 5.91 Å². The Kier molecular flexibility index (Phi) is 5.40. The quantitative estimate of drug-likeness (QED) is 0.743. The van der Waals surface area contributed by atoms with E-state index in [4.69, 9.17) is 14.7 Å². The van der Waals surface area contributed by atoms with Crippen LogP contribution in [0.2, 0.25) is 0 Å². The highest BCUT2D eigenvalue weighted by Gasteiger charge is 2.36. The molecule has 2 aliphatic heterocycles. The molecule has 3 heterocycles. The summed E-state index contributed by atoms with van der Waals surface area (Å²) in [6.07, 6.45) is 1.14. The minimum atomic E-state index is -0.496. The second kappa shape index (κ2) is 8.00. The van der Waals surface area contributed by atoms with Crippen molar-refractivity contribution in [3.8, 4) is 11.5 Å². The number of amides is 1. The van der Waals surface area contributed by atoms with Crippen molar-refractivity contribution in [2.45, 2.75) is 25.3 Å². The number of aromatic nitrogens is 1. The maximum atomic E-state index is 13.0. The first-order valence-corrected chi connectivity index (χ1v) is 9.79. The number of carbonyl (C=O) groups excluding carboxylic acids is 1. The number of hydrogen-bond acceptors (Lipinski definition) is 7. The minimum Gasteiger partial charge on any atom is -0.733 e. The van der Waals surface area contributed by atoms with Crippen molar-refractivity contribution < 1.29 is 19.5 Å². The van der Waals surface area contributed by atoms with E-state index in [9.17, 15) is 14.8 Å². The van der Waals surface area contributed by atoms with E-state index in [1.165, 1.54) is 6.07 Å². The van der Waals surface area contributed by atoms with E-state index in [1.807, 2.05) is 17.0 Å². The molecule has 0 unspecified atom stereocenters. The fraction of sp³-hybridized carbons (Fsp3) is 0.429. The second-order valence-corrected chi connectivity index (χ2v) is 7.80. The summed E-state index contributed by atoms with van der Waals surface area (Å²) in [4.78, 5) is 27.3. The largest absolute Gasteiger partial charge is 0.733 e. The Morgan fingerprint density at radius 2 is 1.93 bits per heavy atom. The molecule has 0 spiro atoms. The van der Waals surface area contributed by atoms with E-state index < -0.39 is 5.56 Å². The fourth-order valence-electron chi connectivity index (χ4n) is 4.56. The van der Waals surface area contributed by atoms with Crippen LogP contribution in [-0.4, -0.2) is 47.9 Å². The zero-order chi connectivity index (χ0) is 21.4. The maximum absolute atomic E-state index is 13.0. The average Bonchev–Trinajstić information content (AvgIpc) is 2.74. The van der Waals surface area contributed by atoms with Crippen LogP contribution < -0.4 is 20.3 Å². The molecule has 2 aliphatic rings. The number of ether oxygens (including phenoxy) is 2. The van der Waals surface area contributed by atoms with Crippen molar-refractivity contribution in [3.63, 3.8) is 0 Å². The van der Waals surface area contributed by atoms with Gasteiger partial charge in [-0.2, -0.15) is 0 Å². The molecule has 2 atom stereocenters. The third-order valence-electron chi connectivity index (χ3n) is 5.95. The van der Waals surface area contributed by atoms with Gasteiger partial charge in [-0.15, -0.1) is 0 Å². The predicted molar refractivity (Wildman–Crippen MR) is 109 cm³/mol. The van der Waals surface area contributed by atoms with Gasteiger partial charge in [0.15, 0.2) is 11.5 Å². The number of benzene rings is 1. The standard InChI is InChI=1S/C21H24N3O6/c1-29-18-6-3-13(8-19(18)30-2)9-20(25)22-10-14-7-15(12-22)16-4-5-17(24(27)28)21(26)23(16)11-14/h3-6,8,14-15,27H,7,9-12H2,1-2H3/q-1/t14-,15-/m1/s1. The van der Waals surface area contributed by atoms with Crippen molar-refractivity contribution in [1.82, 2.24) is 9.47 Å². The Bertz CT molecular complexity index is 1020. The summed E-state index contributed by atoms with van der Waals surface area (Å²) >= 11 is 0. The molecule has 0 radical (unpaired) electrons. The Morgan fingerprint density at radius 3 is 2.63 bits per heavy atom. The van der Waals surface area contributed by atoms with Gasteiger partial charge in [0.1, 0.15) is 5.69 Å². The highest BCUT2D eigenvalue weighted by molar-refractivity contribution is 5.79. The molecule has 0 saturated carbocycles. The number of hydrogen-bond donors (Lipinski definition) is 1. The summed E-state index contributed by atoms with van der Waals surface area (Å²) < 4.78 is 12.1. The van der Waals surface area contributed by atoms with Gasteiger partial charge in [-0.25, -0.2) is 0 Å². The van der Waals surface area contributed by atoms with Crippen LogP contribution in [0.4, 0.5) is 5.69 Å². The van der Waals surface area contributed by atoms with E-state index in [1.54, 1.807) is 30.9 Å². The number of anilines is 1. The summed E-state index contributed by atoms with van der Waals surface area (Å²) in [5, 5.41) is 19.9. The van der Waals surface area contributed by atoms with Crippen molar-refractivity contribution in [3.05, 3.63) is 57.2 Å². The maximum Gasteiger partial charge on any atom is 0.275 e. The fourth-order valence-corrected chi connectivity index (χ4v) is 4.56. The molecule has 1 fully saturated rings. The Balaban J connectivity index is 1.52. The van der Waals surface area contributed by atoms with E-state index in [0.717, 1.165) is 17.7 Å². The van der Waals surface area contributed by atoms with Crippen LogP contribution in [-0.2, 0) is 17.8 Å². The van der Waals surface area contributed by atoms with Crippen LogP contribution in [0.15, 0.2) is 35.1 Å². The zero-order valence-electron chi connectivity index (χ0n) is 16.9. The molecule has 1 saturated heterocycles. The first-order valence-electron chi connectivity index (χ1n) is 9.79. The number of carbonyl (C=O) groups is 1. The van der Waals surface area contributed by atoms with E-state index in [0.29, 0.717) is 31.1 Å². The van der Waals surface area contributed by atoms with Crippen LogP contribution in [0.5, 0.6) is 11.5 Å². The van der Waals surface area contributed by atoms with Crippen LogP contribution in [0.1, 0.15) is 23.6 Å². The third kappa shape index (κ3) is 3.61. The average molecular weight is 414 g/mol. The van der Waals surface area contributed by atoms with Gasteiger partial charge in [0.05, 0.1) is 20.6 Å². The second-order valence-electron chi connectivity index (χ2n) is 7.80. The van der Waals surface area contributed by atoms with E-state index in [2.05, 4.69) is 0 Å². The molecule has 0 aliphatic carbocycles. The van der Waals surface area contributed by atoms with Gasteiger partial charge in [0, 0.05) is 31.2 Å². The lowest BCUT2D eigenvalue weighted by Gasteiger charge is -2.43. The smallest absolute Gasteiger partial charge is 0.275 e. The highest BCUT2D eigenvalue weighted by atomic mass is 16.8. The number of pyridine rings is 1. The highest BCUT2D eigenvalue weighted by Crippen LogP contribution is 2.36. The van der Waals surface area contributed by atoms with Crippen molar-refractivity contribution >= 4 is 11.6 Å². The first-order chi connectivity index (χ1) is 14.4. The van der Waals surface area contributed by atoms with Crippen molar-refractivity contribution in [2.24, 2.45) is 5.92 Å². The molecule has 1 amide bonds. The molecular formula is C21H24N3O6-. The number of methoxy groups -OCH3 is 2. The van der Waals surface area contributed by atoms with Gasteiger partial charge >= 0.3 is 0 Å². The molecule has 1 aromatic carbocycles. The lowest BCUT2D eigenvalue weighted by Crippen LogP contribution is -2.49. The summed E-state index contributed by atoms with van der Waals surface area (Å²) in [5.41, 5.74) is 0.850. The number of nitrogens with zero attached hydrogens (tertiary/aromatic N) is 3. The normalized spacial score (nSPS) is 19.8. The molecule has 30 heavy (non-hydrogen) atoms. The Hall–Kier alpha value is -3.04. The Morgan fingerprint density at radius 1 is 1.17 bits per heavy atom. The van der Waals surface area contributed by atoms with Gasteiger partial charge in [-0.05, 0) is 42.2 Å². The lowest BCUT2D eigenvalue weighted by atomic mass is 9.83. The summed E-state index contributed by atoms with van der Waals surface area (Å²) in [6.45, 7) is 1.49. The number of piperidine rings is 1. The SMILES string of the molecule is COc1ccc(CC(=O)N2C[C@H]3C[C@H](C2)c2ccc(N([O-])O)c(=O)n2C3)cc1OC. The van der Waals surface area contributed by atoms with Crippen molar-refractivity contribution in [2.75, 3.05) is 32.5 Å². The topological polar surface area (TPSA) is 107 Å². The van der Waals surface area contributed by atoms with E-state index in [-0.39, 0.29) is 35.1 Å². The Labute approximate surface area is 173 Å². The van der Waals surface area contributed by atoms with Gasteiger partial charge in [-0.1, -0.05) is 6.07 Å². The molecule has 4 rings (SSSR count). The summed E-state index contributed by atoms with van der Waals surface area (Å²) in [6, 6.07) is 8.48. The van der Waals surface area contributed by atoms with Gasteiger partial charge in [-0.3, -0.25) is 14.8 Å². The third-order valence-corrected chi connectivity index (χ3v) is 5.95. The van der Waals surface area contributed by atoms with Gasteiger partial charge < -0.3 is 29.4 Å². The monoisotopic (exact) mass is 414 g/mol. The minimum absolute atomic E-state index is 0.0189. The lowest BCUT2D eigenvalue weighted by molar-refractivity contribution is -0.133. The first kappa shape index (κ1) is 20.2. The molecule has 1 aromatic heterocycles. The number of fused-ring (bicyclic) bond motifs is 4. The molecule has 160 valence electrons. The van der Waals surface area contributed by atoms with Crippen LogP contribution in [0.25, 0.3) is 0 Å². The molecular weight excluding hydrogens is 390 g/mol. The van der Waals surface area contributed by atoms with E-state index >= 15 is 0 Å². The molecule has 9 heteroatoms. The van der Waals surface area contributed by atoms with Crippen molar-refractivity contribution in [1.29, 1.82) is 0 Å². The van der Waals surface area contributed by atoms with Gasteiger partial charge in [0.25, 0.3) is 5.56 Å². The summed E-state index contributed by atoms with van der Waals surface area (Å²) in [5.74, 6) is 1.36. The summed E-state index contributed by atoms with van der Waals surface area (Å²) in [7, 11) is 3.12. The number of rotatable bonds is 5. The molecule has 1 N–H and O–H groups in total. The molecule has 9 nitrogen and oxygen atoms in total. The number of likely N-dealkylation sites (tertiary alicyclic amines) is 1. The molecule has 2 bridgehead atoms. The van der Waals surface area contributed by atoms with Crippen LogP contribution >= 0.6 is 0 Å². The van der Waals surface area contributed by atoms with Crippen LogP contribution in [0.3, 0.4) is 0 Å². The zero-order valence-corrected chi connectivity index (χ0v) is 16.9. The van der Waals surface area contributed by atoms with Crippen LogP contribution in [0, 0.1) is 11.1 Å². The molecule has 2 aromatic rings. The predicted octanol–water partition coefficient (Wildman–Crippen LogP) is 1.75.